The van der Waals surface area contributed by atoms with E-state index in [1.165, 1.54) is 0 Å². The van der Waals surface area contributed by atoms with Crippen LogP contribution in [0.15, 0.2) is 12.1 Å². The summed E-state index contributed by atoms with van der Waals surface area (Å²) in [5.74, 6) is 0.00370. The molecule has 0 spiro atoms. The standard InChI is InChI=1S/C13H21NO3/c1-14(2,3)5-4-10-6-11(8-15)13(17)12(7-10)9-16/h6-7,15-16H,4-5,8-9H2,1-3H3/p+1. The van der Waals surface area contributed by atoms with E-state index in [0.717, 1.165) is 23.0 Å². The van der Waals surface area contributed by atoms with Crippen LogP contribution in [0.5, 0.6) is 5.75 Å². The fraction of sp³-hybridized carbons (Fsp3) is 0.538. The Kier molecular flexibility index (Phi) is 4.51. The molecule has 0 unspecified atom stereocenters. The lowest BCUT2D eigenvalue weighted by atomic mass is 10.0. The van der Waals surface area contributed by atoms with Gasteiger partial charge in [-0.05, 0) is 17.7 Å². The van der Waals surface area contributed by atoms with Crippen LogP contribution in [0.1, 0.15) is 16.7 Å². The molecule has 4 nitrogen and oxygen atoms in total. The molecular formula is C13H22NO3+. The second-order valence-electron chi connectivity index (χ2n) is 5.34. The topological polar surface area (TPSA) is 60.7 Å². The Morgan fingerprint density at radius 1 is 1.00 bits per heavy atom. The van der Waals surface area contributed by atoms with E-state index < -0.39 is 0 Å². The largest absolute Gasteiger partial charge is 0.507 e. The third-order valence-corrected chi connectivity index (χ3v) is 2.74. The molecule has 17 heavy (non-hydrogen) atoms. The summed E-state index contributed by atoms with van der Waals surface area (Å²) in [5.41, 5.74) is 1.99. The van der Waals surface area contributed by atoms with Crippen molar-refractivity contribution < 1.29 is 19.8 Å². The SMILES string of the molecule is C[N+](C)(C)CCc1cc(CO)c(O)c(CO)c1. The van der Waals surface area contributed by atoms with Crippen LogP contribution in [0.25, 0.3) is 0 Å². The van der Waals surface area contributed by atoms with Gasteiger partial charge >= 0.3 is 0 Å². The van der Waals surface area contributed by atoms with Gasteiger partial charge in [-0.25, -0.2) is 0 Å². The van der Waals surface area contributed by atoms with Gasteiger partial charge in [0.1, 0.15) is 5.75 Å². The molecule has 0 saturated carbocycles. The summed E-state index contributed by atoms with van der Waals surface area (Å²) >= 11 is 0. The Balaban J connectivity index is 2.93. The van der Waals surface area contributed by atoms with Crippen LogP contribution in [0.3, 0.4) is 0 Å². The number of aliphatic hydroxyl groups is 2. The molecule has 0 radical (unpaired) electrons. The molecule has 4 heteroatoms. The van der Waals surface area contributed by atoms with E-state index >= 15 is 0 Å². The molecule has 0 atom stereocenters. The lowest BCUT2D eigenvalue weighted by molar-refractivity contribution is -0.870. The highest BCUT2D eigenvalue weighted by Gasteiger charge is 2.12. The third-order valence-electron chi connectivity index (χ3n) is 2.74. The van der Waals surface area contributed by atoms with Crippen molar-refractivity contribution in [1.82, 2.24) is 0 Å². The first-order valence-electron chi connectivity index (χ1n) is 5.73. The van der Waals surface area contributed by atoms with Gasteiger partial charge < -0.3 is 19.8 Å². The number of aromatic hydroxyl groups is 1. The first-order chi connectivity index (χ1) is 7.87. The van der Waals surface area contributed by atoms with Crippen molar-refractivity contribution in [2.24, 2.45) is 0 Å². The van der Waals surface area contributed by atoms with E-state index in [1.54, 1.807) is 12.1 Å². The van der Waals surface area contributed by atoms with Crippen LogP contribution >= 0.6 is 0 Å². The van der Waals surface area contributed by atoms with E-state index in [9.17, 15) is 5.11 Å². The molecular weight excluding hydrogens is 218 g/mol. The van der Waals surface area contributed by atoms with Crippen molar-refractivity contribution in [3.63, 3.8) is 0 Å². The van der Waals surface area contributed by atoms with Crippen molar-refractivity contribution >= 4 is 0 Å². The molecule has 0 saturated heterocycles. The maximum absolute atomic E-state index is 9.72. The monoisotopic (exact) mass is 240 g/mol. The van der Waals surface area contributed by atoms with E-state index in [1.807, 2.05) is 0 Å². The molecule has 0 amide bonds. The summed E-state index contributed by atoms with van der Waals surface area (Å²) < 4.78 is 0.851. The normalized spacial score (nSPS) is 11.8. The number of phenols is 1. The number of rotatable bonds is 5. The summed E-state index contributed by atoms with van der Waals surface area (Å²) in [6.07, 6.45) is 0.851. The zero-order valence-corrected chi connectivity index (χ0v) is 10.8. The highest BCUT2D eigenvalue weighted by atomic mass is 16.3. The molecule has 1 aromatic carbocycles. The maximum atomic E-state index is 9.72. The Morgan fingerprint density at radius 3 is 1.82 bits per heavy atom. The van der Waals surface area contributed by atoms with Gasteiger partial charge in [-0.15, -0.1) is 0 Å². The fourth-order valence-electron chi connectivity index (χ4n) is 1.68. The summed E-state index contributed by atoms with van der Waals surface area (Å²) in [6, 6.07) is 3.59. The number of benzene rings is 1. The van der Waals surface area contributed by atoms with Gasteiger partial charge in [0.05, 0.1) is 40.9 Å². The van der Waals surface area contributed by atoms with Gasteiger partial charge in [-0.3, -0.25) is 0 Å². The van der Waals surface area contributed by atoms with E-state index in [-0.39, 0.29) is 19.0 Å². The zero-order chi connectivity index (χ0) is 13.1. The first kappa shape index (κ1) is 14.0. The lowest BCUT2D eigenvalue weighted by Gasteiger charge is -2.24. The predicted octanol–water partition coefficient (Wildman–Crippen LogP) is 0.625. The van der Waals surface area contributed by atoms with Gasteiger partial charge in [0.15, 0.2) is 0 Å². The molecule has 3 N–H and O–H groups in total. The molecule has 1 rings (SSSR count). The summed E-state index contributed by atoms with van der Waals surface area (Å²) in [4.78, 5) is 0. The van der Waals surface area contributed by atoms with Crippen molar-refractivity contribution in [2.75, 3.05) is 27.7 Å². The van der Waals surface area contributed by atoms with Crippen LogP contribution in [0, 0.1) is 0 Å². The Bertz CT molecular complexity index is 358. The van der Waals surface area contributed by atoms with Gasteiger partial charge in [-0.1, -0.05) is 0 Å². The molecule has 1 aromatic rings. The maximum Gasteiger partial charge on any atom is 0.126 e. The minimum Gasteiger partial charge on any atom is -0.507 e. The molecule has 0 aliphatic heterocycles. The number of hydrogen-bond acceptors (Lipinski definition) is 3. The summed E-state index contributed by atoms with van der Waals surface area (Å²) in [5, 5.41) is 28.0. The van der Waals surface area contributed by atoms with Crippen molar-refractivity contribution in [3.8, 4) is 5.75 Å². The molecule has 0 heterocycles. The second-order valence-corrected chi connectivity index (χ2v) is 5.34. The Labute approximate surface area is 102 Å². The average molecular weight is 240 g/mol. The van der Waals surface area contributed by atoms with Gasteiger partial charge in [0.25, 0.3) is 0 Å². The quantitative estimate of drug-likeness (QED) is 0.661. The molecule has 0 fully saturated rings. The lowest BCUT2D eigenvalue weighted by Crippen LogP contribution is -2.36. The van der Waals surface area contributed by atoms with E-state index in [4.69, 9.17) is 10.2 Å². The molecule has 0 aliphatic carbocycles. The molecule has 0 aromatic heterocycles. The number of nitrogens with zero attached hydrogens (tertiary/aromatic N) is 1. The van der Waals surface area contributed by atoms with Crippen LogP contribution < -0.4 is 0 Å². The number of likely N-dealkylation sites (N-methyl/N-ethyl adjacent to an activating group) is 1. The van der Waals surface area contributed by atoms with Crippen LogP contribution in [0.2, 0.25) is 0 Å². The first-order valence-corrected chi connectivity index (χ1v) is 5.73. The minimum absolute atomic E-state index is 0.00370. The smallest absolute Gasteiger partial charge is 0.126 e. The van der Waals surface area contributed by atoms with Crippen LogP contribution in [-0.2, 0) is 19.6 Å². The van der Waals surface area contributed by atoms with Crippen LogP contribution in [-0.4, -0.2) is 47.5 Å². The fourth-order valence-corrected chi connectivity index (χ4v) is 1.68. The van der Waals surface area contributed by atoms with Gasteiger partial charge in [-0.2, -0.15) is 0 Å². The highest BCUT2D eigenvalue weighted by molar-refractivity contribution is 5.43. The summed E-state index contributed by atoms with van der Waals surface area (Å²) in [7, 11) is 6.33. The highest BCUT2D eigenvalue weighted by Crippen LogP contribution is 2.25. The molecule has 96 valence electrons. The molecule has 0 bridgehead atoms. The number of quaternary nitrogens is 1. The van der Waals surface area contributed by atoms with Crippen molar-refractivity contribution in [3.05, 3.63) is 28.8 Å². The predicted molar refractivity (Wildman–Crippen MR) is 66.6 cm³/mol. The van der Waals surface area contributed by atoms with E-state index in [0.29, 0.717) is 11.1 Å². The van der Waals surface area contributed by atoms with Gasteiger partial charge in [0.2, 0.25) is 0 Å². The van der Waals surface area contributed by atoms with E-state index in [2.05, 4.69) is 21.1 Å². The minimum atomic E-state index is -0.211. The molecule has 0 aliphatic rings. The van der Waals surface area contributed by atoms with Crippen molar-refractivity contribution in [1.29, 1.82) is 0 Å². The number of aliphatic hydroxyl groups excluding tert-OH is 2. The van der Waals surface area contributed by atoms with Crippen molar-refractivity contribution in [2.45, 2.75) is 19.6 Å². The Hall–Kier alpha value is -1.10. The zero-order valence-electron chi connectivity index (χ0n) is 10.8. The summed E-state index contributed by atoms with van der Waals surface area (Å²) in [6.45, 7) is 0.536. The third kappa shape index (κ3) is 4.00. The average Bonchev–Trinajstić information content (AvgIpc) is 2.26. The van der Waals surface area contributed by atoms with Gasteiger partial charge in [0, 0.05) is 17.5 Å². The second kappa shape index (κ2) is 5.49. The number of hydrogen-bond donors (Lipinski definition) is 3. The van der Waals surface area contributed by atoms with Crippen LogP contribution in [0.4, 0.5) is 0 Å². The Morgan fingerprint density at radius 2 is 1.47 bits per heavy atom.